The Labute approximate surface area is 124 Å². The number of benzene rings is 2. The highest BCUT2D eigenvalue weighted by Gasteiger charge is 2.14. The van der Waals surface area contributed by atoms with Gasteiger partial charge in [-0.25, -0.2) is 0 Å². The molecular formula is C16H17Cl2N. The summed E-state index contributed by atoms with van der Waals surface area (Å²) in [5.74, 6) is 0. The average Bonchev–Trinajstić information content (AvgIpc) is 2.26. The Morgan fingerprint density at radius 1 is 1.00 bits per heavy atom. The lowest BCUT2D eigenvalue weighted by atomic mass is 9.97. The maximum atomic E-state index is 6.26. The quantitative estimate of drug-likeness (QED) is 0.860. The molecule has 0 aliphatic carbocycles. The molecule has 0 radical (unpaired) electrons. The molecule has 1 nitrogen and oxygen atoms in total. The number of rotatable bonds is 3. The fraction of sp³-hybridized carbons (Fsp3) is 0.250. The summed E-state index contributed by atoms with van der Waals surface area (Å²) in [6.45, 7) is 4.18. The minimum Gasteiger partial charge on any atom is -0.324 e. The molecule has 2 rings (SSSR count). The van der Waals surface area contributed by atoms with E-state index in [9.17, 15) is 0 Å². The smallest absolute Gasteiger partial charge is 0.0468 e. The molecule has 1 unspecified atom stereocenters. The van der Waals surface area contributed by atoms with Crippen molar-refractivity contribution < 1.29 is 0 Å². The number of halogens is 2. The van der Waals surface area contributed by atoms with Gasteiger partial charge in [-0.15, -0.1) is 0 Å². The van der Waals surface area contributed by atoms with Crippen molar-refractivity contribution in [1.29, 1.82) is 0 Å². The second-order valence-electron chi connectivity index (χ2n) is 4.94. The van der Waals surface area contributed by atoms with E-state index in [1.807, 2.05) is 18.2 Å². The predicted molar refractivity (Wildman–Crippen MR) is 83.0 cm³/mol. The van der Waals surface area contributed by atoms with Gasteiger partial charge in [0.2, 0.25) is 0 Å². The monoisotopic (exact) mass is 293 g/mol. The van der Waals surface area contributed by atoms with E-state index in [1.54, 1.807) is 0 Å². The van der Waals surface area contributed by atoms with Crippen molar-refractivity contribution in [3.05, 3.63) is 68.7 Å². The second kappa shape index (κ2) is 5.96. The molecule has 0 aliphatic heterocycles. The summed E-state index contributed by atoms with van der Waals surface area (Å²) in [7, 11) is 0. The van der Waals surface area contributed by atoms with E-state index in [1.165, 1.54) is 16.7 Å². The van der Waals surface area contributed by atoms with Crippen LogP contribution in [-0.2, 0) is 6.42 Å². The van der Waals surface area contributed by atoms with Gasteiger partial charge in [-0.05, 0) is 38.0 Å². The van der Waals surface area contributed by atoms with Gasteiger partial charge in [0, 0.05) is 21.7 Å². The highest BCUT2D eigenvalue weighted by Crippen LogP contribution is 2.31. The minimum atomic E-state index is -0.192. The first-order valence-corrected chi connectivity index (χ1v) is 6.99. The van der Waals surface area contributed by atoms with E-state index in [0.29, 0.717) is 10.0 Å². The molecule has 2 aromatic rings. The molecule has 0 saturated heterocycles. The van der Waals surface area contributed by atoms with Crippen LogP contribution < -0.4 is 5.73 Å². The van der Waals surface area contributed by atoms with Gasteiger partial charge in [-0.1, -0.05) is 58.6 Å². The Morgan fingerprint density at radius 2 is 1.53 bits per heavy atom. The summed E-state index contributed by atoms with van der Waals surface area (Å²) in [6.07, 6.45) is 0.728. The van der Waals surface area contributed by atoms with Crippen molar-refractivity contribution in [2.24, 2.45) is 5.73 Å². The largest absolute Gasteiger partial charge is 0.324 e. The molecule has 0 aliphatic rings. The van der Waals surface area contributed by atoms with Gasteiger partial charge >= 0.3 is 0 Å². The van der Waals surface area contributed by atoms with Crippen LogP contribution in [0.25, 0.3) is 0 Å². The molecule has 0 bridgehead atoms. The van der Waals surface area contributed by atoms with Crippen LogP contribution in [0.1, 0.15) is 28.3 Å². The summed E-state index contributed by atoms with van der Waals surface area (Å²) < 4.78 is 0. The lowest BCUT2D eigenvalue weighted by Crippen LogP contribution is -2.14. The van der Waals surface area contributed by atoms with Crippen LogP contribution in [0.5, 0.6) is 0 Å². The van der Waals surface area contributed by atoms with Crippen LogP contribution in [0.3, 0.4) is 0 Å². The average molecular weight is 294 g/mol. The van der Waals surface area contributed by atoms with E-state index in [2.05, 4.69) is 32.0 Å². The maximum Gasteiger partial charge on any atom is 0.0468 e. The minimum absolute atomic E-state index is 0.192. The fourth-order valence-electron chi connectivity index (χ4n) is 2.41. The molecular weight excluding hydrogens is 277 g/mol. The van der Waals surface area contributed by atoms with Crippen LogP contribution in [0, 0.1) is 13.8 Å². The van der Waals surface area contributed by atoms with Gasteiger partial charge in [0.15, 0.2) is 0 Å². The van der Waals surface area contributed by atoms with Crippen molar-refractivity contribution in [2.75, 3.05) is 0 Å². The van der Waals surface area contributed by atoms with Crippen molar-refractivity contribution in [3.63, 3.8) is 0 Å². The van der Waals surface area contributed by atoms with Crippen molar-refractivity contribution in [1.82, 2.24) is 0 Å². The van der Waals surface area contributed by atoms with E-state index < -0.39 is 0 Å². The SMILES string of the molecule is Cc1cc(C)cc(CC(N)c2c(Cl)cccc2Cl)c1. The molecule has 100 valence electrons. The number of aryl methyl sites for hydroxylation is 2. The van der Waals surface area contributed by atoms with Crippen LogP contribution in [-0.4, -0.2) is 0 Å². The van der Waals surface area contributed by atoms with Gasteiger partial charge in [0.1, 0.15) is 0 Å². The molecule has 3 heteroatoms. The molecule has 0 saturated carbocycles. The molecule has 19 heavy (non-hydrogen) atoms. The predicted octanol–water partition coefficient (Wildman–Crippen LogP) is 4.85. The van der Waals surface area contributed by atoms with Crippen LogP contribution in [0.4, 0.5) is 0 Å². The topological polar surface area (TPSA) is 26.0 Å². The van der Waals surface area contributed by atoms with Crippen LogP contribution >= 0.6 is 23.2 Å². The van der Waals surface area contributed by atoms with E-state index in [0.717, 1.165) is 12.0 Å². The third kappa shape index (κ3) is 3.50. The lowest BCUT2D eigenvalue weighted by Gasteiger charge is -2.16. The van der Waals surface area contributed by atoms with Gasteiger partial charge in [-0.3, -0.25) is 0 Å². The summed E-state index contributed by atoms with van der Waals surface area (Å²) in [5, 5.41) is 1.26. The highest BCUT2D eigenvalue weighted by atomic mass is 35.5. The third-order valence-corrected chi connectivity index (χ3v) is 3.77. The molecule has 1 atom stereocenters. The first-order valence-electron chi connectivity index (χ1n) is 6.24. The Hall–Kier alpha value is -1.02. The van der Waals surface area contributed by atoms with Gasteiger partial charge in [-0.2, -0.15) is 0 Å². The molecule has 0 aromatic heterocycles. The van der Waals surface area contributed by atoms with E-state index in [4.69, 9.17) is 28.9 Å². The summed E-state index contributed by atoms with van der Waals surface area (Å²) >= 11 is 12.4. The number of hydrogen-bond donors (Lipinski definition) is 1. The van der Waals surface area contributed by atoms with Crippen molar-refractivity contribution >= 4 is 23.2 Å². The first kappa shape index (κ1) is 14.4. The zero-order valence-corrected chi connectivity index (χ0v) is 12.6. The van der Waals surface area contributed by atoms with Crippen LogP contribution in [0.2, 0.25) is 10.0 Å². The van der Waals surface area contributed by atoms with Crippen molar-refractivity contribution in [3.8, 4) is 0 Å². The molecule has 0 fully saturated rings. The van der Waals surface area contributed by atoms with E-state index >= 15 is 0 Å². The van der Waals surface area contributed by atoms with Gasteiger partial charge < -0.3 is 5.73 Å². The molecule has 2 aromatic carbocycles. The van der Waals surface area contributed by atoms with Gasteiger partial charge in [0.05, 0.1) is 0 Å². The molecule has 2 N–H and O–H groups in total. The Morgan fingerprint density at radius 3 is 2.05 bits per heavy atom. The highest BCUT2D eigenvalue weighted by molar-refractivity contribution is 6.36. The molecule has 0 amide bonds. The first-order chi connectivity index (χ1) is 8.97. The van der Waals surface area contributed by atoms with Crippen LogP contribution in [0.15, 0.2) is 36.4 Å². The second-order valence-corrected chi connectivity index (χ2v) is 5.76. The Kier molecular flexibility index (Phi) is 4.51. The van der Waals surface area contributed by atoms with Crippen molar-refractivity contribution in [2.45, 2.75) is 26.3 Å². The third-order valence-electron chi connectivity index (χ3n) is 3.11. The fourth-order valence-corrected chi connectivity index (χ4v) is 3.09. The Balaban J connectivity index is 2.28. The summed E-state index contributed by atoms with van der Waals surface area (Å²) in [4.78, 5) is 0. The van der Waals surface area contributed by atoms with Gasteiger partial charge in [0.25, 0.3) is 0 Å². The lowest BCUT2D eigenvalue weighted by molar-refractivity contribution is 0.721. The summed E-state index contributed by atoms with van der Waals surface area (Å²) in [6, 6.07) is 11.7. The number of hydrogen-bond acceptors (Lipinski definition) is 1. The Bertz CT molecular complexity index is 553. The zero-order chi connectivity index (χ0) is 14.0. The van der Waals surface area contributed by atoms with E-state index in [-0.39, 0.29) is 6.04 Å². The molecule has 0 spiro atoms. The maximum absolute atomic E-state index is 6.26. The standard InChI is InChI=1S/C16H17Cl2N/c1-10-6-11(2)8-12(7-10)9-15(19)16-13(17)4-3-5-14(16)18/h3-8,15H,9,19H2,1-2H3. The zero-order valence-electron chi connectivity index (χ0n) is 11.1. The normalized spacial score (nSPS) is 12.5. The number of nitrogens with two attached hydrogens (primary N) is 1. The summed E-state index contributed by atoms with van der Waals surface area (Å²) in [5.41, 5.74) is 10.8. The molecule has 0 heterocycles.